The van der Waals surface area contributed by atoms with Gasteiger partial charge in [0.2, 0.25) is 5.43 Å². The van der Waals surface area contributed by atoms with E-state index in [0.717, 1.165) is 14.3 Å². The van der Waals surface area contributed by atoms with Crippen molar-refractivity contribution in [2.24, 2.45) is 0 Å². The minimum Gasteiger partial charge on any atom is -0.482 e. The minimum absolute atomic E-state index is 0.0328. The second-order valence-corrected chi connectivity index (χ2v) is 13.1. The van der Waals surface area contributed by atoms with Gasteiger partial charge >= 0.3 is 5.97 Å². The monoisotopic (exact) mass is 537 g/mol. The Balaban J connectivity index is 1.09. The van der Waals surface area contributed by atoms with Crippen molar-refractivity contribution in [3.8, 4) is 10.6 Å². The van der Waals surface area contributed by atoms with Crippen molar-refractivity contribution in [2.45, 2.75) is 36.1 Å². The number of carbonyl (C=O) groups excluding carboxylic acids is 1. The lowest BCUT2D eigenvalue weighted by Gasteiger charge is -2.21. The molecule has 0 amide bonds. The molecule has 4 aromatic rings. The zero-order valence-corrected chi connectivity index (χ0v) is 20.9. The maximum absolute atomic E-state index is 13.0. The average Bonchev–Trinajstić information content (AvgIpc) is 3.53. The molecule has 2 bridgehead atoms. The number of hydrogen-bond acceptors (Lipinski definition) is 8. The van der Waals surface area contributed by atoms with Gasteiger partial charge in [0.15, 0.2) is 27.0 Å². The number of carbonyl (C=O) groups is 1. The fourth-order valence-corrected chi connectivity index (χ4v) is 9.54. The van der Waals surface area contributed by atoms with Crippen LogP contribution in [-0.2, 0) is 28.6 Å². The molecule has 5 unspecified atom stereocenters. The van der Waals surface area contributed by atoms with E-state index in [1.807, 2.05) is 60.7 Å². The summed E-state index contributed by atoms with van der Waals surface area (Å²) in [6.45, 7) is -0.331. The van der Waals surface area contributed by atoms with Crippen LogP contribution in [0.15, 0.2) is 77.6 Å². The summed E-state index contributed by atoms with van der Waals surface area (Å²) in [4.78, 5) is 26.5. The molecule has 0 radical (unpaired) electrons. The Hall–Kier alpha value is -3.31. The van der Waals surface area contributed by atoms with Gasteiger partial charge in [0.25, 0.3) is 10.1 Å². The van der Waals surface area contributed by atoms with Gasteiger partial charge in [-0.2, -0.15) is 8.42 Å². The van der Waals surface area contributed by atoms with Gasteiger partial charge in [0.1, 0.15) is 23.2 Å². The molecule has 37 heavy (non-hydrogen) atoms. The summed E-state index contributed by atoms with van der Waals surface area (Å²) in [6, 6.07) is 22.8. The molecular formula is C27H21O8S2+. The summed E-state index contributed by atoms with van der Waals surface area (Å²) in [6.07, 6.45) is -2.33. The highest BCUT2D eigenvalue weighted by molar-refractivity contribution is 7.87. The van der Waals surface area contributed by atoms with Crippen molar-refractivity contribution in [3.05, 3.63) is 83.0 Å². The molecule has 1 aromatic heterocycles. The number of hydrogen-bond donors (Lipinski definition) is 0. The average molecular weight is 538 g/mol. The molecule has 0 N–H and O–H groups in total. The van der Waals surface area contributed by atoms with Gasteiger partial charge in [-0.05, 0) is 42.8 Å². The number of rotatable bonds is 5. The van der Waals surface area contributed by atoms with Crippen molar-refractivity contribution < 1.29 is 31.6 Å². The van der Waals surface area contributed by atoms with Crippen molar-refractivity contribution in [1.29, 1.82) is 0 Å². The minimum atomic E-state index is -3.67. The second kappa shape index (κ2) is 8.35. The van der Waals surface area contributed by atoms with Crippen molar-refractivity contribution in [2.75, 3.05) is 6.61 Å². The molecule has 188 valence electrons. The normalized spacial score (nSPS) is 27.1. The van der Waals surface area contributed by atoms with E-state index in [-0.39, 0.29) is 18.5 Å². The molecule has 0 spiro atoms. The van der Waals surface area contributed by atoms with E-state index >= 15 is 0 Å². The van der Waals surface area contributed by atoms with Crippen LogP contribution < -0.4 is 10.2 Å². The highest BCUT2D eigenvalue weighted by atomic mass is 32.2. The number of esters is 1. The SMILES string of the molecule is O=C(COc1ccc(-[s+]2c3ccccc3c(=O)c3ccccc32)cc1)OC1C2CC3C(O2)C1OS3(=O)=O. The Morgan fingerprint density at radius 3 is 2.24 bits per heavy atom. The molecule has 3 aliphatic heterocycles. The quantitative estimate of drug-likeness (QED) is 0.164. The smallest absolute Gasteiger partial charge is 0.344 e. The first-order chi connectivity index (χ1) is 17.9. The molecule has 3 aromatic carbocycles. The van der Waals surface area contributed by atoms with Gasteiger partial charge < -0.3 is 14.2 Å². The Morgan fingerprint density at radius 1 is 0.919 bits per heavy atom. The van der Waals surface area contributed by atoms with E-state index in [1.165, 1.54) is 0 Å². The highest BCUT2D eigenvalue weighted by Gasteiger charge is 2.67. The molecule has 0 saturated carbocycles. The maximum atomic E-state index is 13.0. The number of ether oxygens (including phenoxy) is 3. The lowest BCUT2D eigenvalue weighted by Crippen LogP contribution is -2.42. The van der Waals surface area contributed by atoms with Crippen LogP contribution in [0.25, 0.3) is 25.1 Å². The van der Waals surface area contributed by atoms with E-state index in [1.54, 1.807) is 12.1 Å². The first kappa shape index (κ1) is 22.9. The van der Waals surface area contributed by atoms with Gasteiger partial charge in [0, 0.05) is 22.6 Å². The van der Waals surface area contributed by atoms with Crippen LogP contribution >= 0.6 is 10.5 Å². The van der Waals surface area contributed by atoms with E-state index in [4.69, 9.17) is 18.4 Å². The van der Waals surface area contributed by atoms with Gasteiger partial charge in [0.05, 0.1) is 16.9 Å². The first-order valence-corrected chi connectivity index (χ1v) is 14.6. The van der Waals surface area contributed by atoms with E-state index in [9.17, 15) is 18.0 Å². The number of fused-ring (bicyclic) bond motifs is 3. The third-order valence-corrected chi connectivity index (χ3v) is 11.2. The van der Waals surface area contributed by atoms with Gasteiger partial charge in [-0.1, -0.05) is 24.3 Å². The summed E-state index contributed by atoms with van der Waals surface area (Å²) < 4.78 is 48.0. The van der Waals surface area contributed by atoms with Crippen LogP contribution in [0.5, 0.6) is 5.75 Å². The zero-order chi connectivity index (χ0) is 25.3. The fraction of sp³-hybridized carbons (Fsp3) is 0.259. The largest absolute Gasteiger partial charge is 0.482 e. The summed E-state index contributed by atoms with van der Waals surface area (Å²) in [7, 11) is -4.13. The molecule has 3 saturated heterocycles. The molecule has 5 atom stereocenters. The molecule has 3 fully saturated rings. The van der Waals surface area contributed by atoms with Crippen LogP contribution in [0.3, 0.4) is 0 Å². The Morgan fingerprint density at radius 2 is 1.57 bits per heavy atom. The second-order valence-electron chi connectivity index (χ2n) is 9.31. The predicted molar refractivity (Wildman–Crippen MR) is 138 cm³/mol. The van der Waals surface area contributed by atoms with Crippen LogP contribution in [0.1, 0.15) is 6.42 Å². The molecule has 3 aliphatic rings. The zero-order valence-electron chi connectivity index (χ0n) is 19.3. The molecule has 0 aliphatic carbocycles. The van der Waals surface area contributed by atoms with Crippen LogP contribution in [-0.4, -0.2) is 50.7 Å². The molecule has 7 rings (SSSR count). The standard InChI is InChI=1S/C27H21O8S2/c28-23(34-25-19-13-22-26(33-19)27(25)35-37(22,30)31)14-32-15-9-11-16(12-10-15)36-20-7-3-1-5-17(20)24(29)18-6-2-4-8-21(18)36/h1-12,19,22,25-27H,13-14H2/q+1. The Kier molecular flexibility index (Phi) is 5.16. The van der Waals surface area contributed by atoms with Crippen molar-refractivity contribution >= 4 is 46.7 Å². The van der Waals surface area contributed by atoms with Crippen molar-refractivity contribution in [1.82, 2.24) is 0 Å². The number of benzene rings is 3. The lowest BCUT2D eigenvalue weighted by molar-refractivity contribution is -0.157. The van der Waals surface area contributed by atoms with E-state index < -0.39 is 56.2 Å². The van der Waals surface area contributed by atoms with Crippen LogP contribution in [0.2, 0.25) is 0 Å². The summed E-state index contributed by atoms with van der Waals surface area (Å²) >= 11 is 0. The van der Waals surface area contributed by atoms with Crippen molar-refractivity contribution in [3.63, 3.8) is 0 Å². The van der Waals surface area contributed by atoms with E-state index in [2.05, 4.69) is 0 Å². The Labute approximate surface area is 214 Å². The maximum Gasteiger partial charge on any atom is 0.344 e. The molecular weight excluding hydrogens is 516 g/mol. The van der Waals surface area contributed by atoms with Crippen LogP contribution in [0, 0.1) is 0 Å². The summed E-state index contributed by atoms with van der Waals surface area (Å²) in [5.41, 5.74) is 0.0328. The molecule has 8 nitrogen and oxygen atoms in total. The third kappa shape index (κ3) is 3.58. The summed E-state index contributed by atoms with van der Waals surface area (Å²) in [5, 5.41) is 0.749. The molecule has 4 heterocycles. The van der Waals surface area contributed by atoms with Crippen LogP contribution in [0.4, 0.5) is 0 Å². The molecule has 10 heteroatoms. The van der Waals surface area contributed by atoms with E-state index in [0.29, 0.717) is 16.5 Å². The summed E-state index contributed by atoms with van der Waals surface area (Å²) in [5.74, 6) is -0.131. The highest BCUT2D eigenvalue weighted by Crippen LogP contribution is 2.48. The topological polar surface area (TPSA) is 105 Å². The van der Waals surface area contributed by atoms with Gasteiger partial charge in [-0.3, -0.25) is 8.98 Å². The van der Waals surface area contributed by atoms with Gasteiger partial charge in [-0.15, -0.1) is 0 Å². The Bertz CT molecular complexity index is 1670. The third-order valence-electron chi connectivity index (χ3n) is 7.18. The van der Waals surface area contributed by atoms with Gasteiger partial charge in [-0.25, -0.2) is 4.79 Å². The lowest BCUT2D eigenvalue weighted by atomic mass is 9.94. The predicted octanol–water partition coefficient (Wildman–Crippen LogP) is 3.65. The first-order valence-electron chi connectivity index (χ1n) is 11.9. The fourth-order valence-electron chi connectivity index (χ4n) is 5.55.